The first-order valence-electron chi connectivity index (χ1n) is 13.2. The number of aromatic nitrogens is 4. The largest absolute Gasteiger partial charge is 0.447 e. The van der Waals surface area contributed by atoms with Gasteiger partial charge in [-0.2, -0.15) is 16.6 Å². The molecule has 230 valence electrons. The Bertz CT molecular complexity index is 1550. The average molecular weight is 657 g/mol. The van der Waals surface area contributed by atoms with E-state index in [-0.39, 0.29) is 0 Å². The molecule has 4 aromatic rings. The van der Waals surface area contributed by atoms with Crippen molar-refractivity contribution in [1.82, 2.24) is 20.4 Å². The van der Waals surface area contributed by atoms with Gasteiger partial charge in [-0.15, -0.1) is 20.4 Å². The van der Waals surface area contributed by atoms with Crippen molar-refractivity contribution in [3.8, 4) is 0 Å². The quantitative estimate of drug-likeness (QED) is 0.0805. The lowest BCUT2D eigenvalue weighted by atomic mass is 10.1. The number of nitrogens with one attached hydrogen (secondary N) is 2. The molecule has 2 aromatic heterocycles. The molecule has 44 heavy (non-hydrogen) atoms. The Morgan fingerprint density at radius 2 is 1.18 bits per heavy atom. The number of nitrogens with zero attached hydrogens (tertiary/aromatic N) is 4. The maximum absolute atomic E-state index is 12.8. The van der Waals surface area contributed by atoms with E-state index >= 15 is 0 Å². The second-order valence-corrected chi connectivity index (χ2v) is 12.3. The Hall–Kier alpha value is -4.25. The van der Waals surface area contributed by atoms with E-state index in [4.69, 9.17) is 9.62 Å². The molecule has 2 amide bonds. The number of ether oxygens (including phenoxy) is 1. The fraction of sp³-hybridized carbons (Fsp3) is 0.286. The molecule has 0 radical (unpaired) electrons. The summed E-state index contributed by atoms with van der Waals surface area (Å²) in [6.45, 7) is 2.43. The Kier molecular flexibility index (Phi) is 12.3. The standard InChI is InChI=1S/C28H28N6O7S3/c1-17(35)39-23(19-9-5-3-6-10-19)25(37)29-27-33-31-21(43-27)13-15-42-16-14-22-32-34-28(44-22)30-26(38)24(41-40-18(2)36)20-11-7-4-8-12-20/h3-12,23-24H,13-16H2,1-2H3,(H,29,33,37)(H,30,34,38)/t23-,24?/m0/s1. The number of esters is 1. The third kappa shape index (κ3) is 10.2. The van der Waals surface area contributed by atoms with Crippen LogP contribution in [0.2, 0.25) is 0 Å². The molecule has 0 bridgehead atoms. The summed E-state index contributed by atoms with van der Waals surface area (Å²) >= 11 is 4.19. The van der Waals surface area contributed by atoms with Gasteiger partial charge in [0, 0.05) is 32.3 Å². The number of hydrogen-bond acceptors (Lipinski definition) is 14. The van der Waals surface area contributed by atoms with Crippen LogP contribution in [0, 0.1) is 0 Å². The van der Waals surface area contributed by atoms with Crippen LogP contribution in [-0.4, -0.2) is 55.7 Å². The van der Waals surface area contributed by atoms with Crippen molar-refractivity contribution in [3.63, 3.8) is 0 Å². The van der Waals surface area contributed by atoms with E-state index in [1.54, 1.807) is 72.4 Å². The highest BCUT2D eigenvalue weighted by Crippen LogP contribution is 2.25. The first-order valence-corrected chi connectivity index (χ1v) is 16.0. The smallest absolute Gasteiger partial charge is 0.339 e. The van der Waals surface area contributed by atoms with E-state index in [2.05, 4.69) is 35.9 Å². The second-order valence-electron chi connectivity index (χ2n) is 8.95. The van der Waals surface area contributed by atoms with Crippen molar-refractivity contribution in [2.24, 2.45) is 0 Å². The molecule has 0 spiro atoms. The van der Waals surface area contributed by atoms with Gasteiger partial charge in [0.15, 0.2) is 0 Å². The summed E-state index contributed by atoms with van der Waals surface area (Å²) in [6, 6.07) is 17.4. The molecule has 16 heteroatoms. The number of carbonyl (C=O) groups excluding carboxylic acids is 4. The molecule has 0 aliphatic heterocycles. The average Bonchev–Trinajstić information content (AvgIpc) is 3.65. The van der Waals surface area contributed by atoms with Crippen molar-refractivity contribution in [3.05, 3.63) is 81.8 Å². The maximum Gasteiger partial charge on any atom is 0.339 e. The topological polar surface area (TPSA) is 172 Å². The predicted octanol–water partition coefficient (Wildman–Crippen LogP) is 4.33. The number of rotatable bonds is 15. The fourth-order valence-corrected chi connectivity index (χ4v) is 6.26. The van der Waals surface area contributed by atoms with Gasteiger partial charge in [-0.05, 0) is 17.1 Å². The summed E-state index contributed by atoms with van der Waals surface area (Å²) in [5.41, 5.74) is 1.06. The van der Waals surface area contributed by atoms with Gasteiger partial charge in [-0.3, -0.25) is 29.9 Å². The van der Waals surface area contributed by atoms with Gasteiger partial charge in [0.25, 0.3) is 11.8 Å². The molecule has 0 fully saturated rings. The number of benzene rings is 2. The van der Waals surface area contributed by atoms with E-state index in [0.29, 0.717) is 34.2 Å². The molecule has 2 N–H and O–H groups in total. The zero-order chi connectivity index (χ0) is 31.3. The summed E-state index contributed by atoms with van der Waals surface area (Å²) in [4.78, 5) is 58.0. The zero-order valence-corrected chi connectivity index (χ0v) is 26.1. The highest BCUT2D eigenvalue weighted by Gasteiger charge is 2.26. The molecule has 1 unspecified atom stereocenters. The van der Waals surface area contributed by atoms with Gasteiger partial charge < -0.3 is 4.74 Å². The molecule has 2 atom stereocenters. The lowest BCUT2D eigenvalue weighted by Crippen LogP contribution is -2.25. The SMILES string of the molecule is CC(=O)OOC(C(=O)Nc1nnc(CCSCCc2nnc(NC(=O)[C@@H](OC(C)=O)c3ccccc3)s2)s1)c1ccccc1. The van der Waals surface area contributed by atoms with E-state index in [1.165, 1.54) is 36.5 Å². The number of hydrogen-bond donors (Lipinski definition) is 2. The molecule has 0 aliphatic carbocycles. The molecule has 2 aromatic carbocycles. The number of aryl methyl sites for hydroxylation is 2. The monoisotopic (exact) mass is 656 g/mol. The molecule has 2 heterocycles. The zero-order valence-electron chi connectivity index (χ0n) is 23.6. The van der Waals surface area contributed by atoms with E-state index < -0.39 is 36.0 Å². The minimum Gasteiger partial charge on any atom is -0.447 e. The minimum atomic E-state index is -1.17. The molecule has 4 rings (SSSR count). The number of thioether (sulfide) groups is 1. The van der Waals surface area contributed by atoms with Crippen LogP contribution < -0.4 is 10.6 Å². The normalized spacial score (nSPS) is 12.1. The highest BCUT2D eigenvalue weighted by atomic mass is 32.2. The lowest BCUT2D eigenvalue weighted by molar-refractivity contribution is -0.291. The Morgan fingerprint density at radius 3 is 1.66 bits per heavy atom. The third-order valence-electron chi connectivity index (χ3n) is 5.54. The van der Waals surface area contributed by atoms with Gasteiger partial charge >= 0.3 is 11.9 Å². The van der Waals surface area contributed by atoms with Crippen LogP contribution in [0.1, 0.15) is 47.2 Å². The number of amides is 2. The first kappa shape index (κ1) is 32.7. The van der Waals surface area contributed by atoms with Crippen molar-refractivity contribution < 1.29 is 33.7 Å². The van der Waals surface area contributed by atoms with Crippen molar-refractivity contribution in [2.75, 3.05) is 22.1 Å². The van der Waals surface area contributed by atoms with Gasteiger partial charge in [0.2, 0.25) is 22.5 Å². The van der Waals surface area contributed by atoms with Crippen molar-refractivity contribution >= 4 is 68.5 Å². The fourth-order valence-electron chi connectivity index (χ4n) is 3.63. The van der Waals surface area contributed by atoms with Crippen LogP contribution in [0.4, 0.5) is 10.3 Å². The maximum atomic E-state index is 12.8. The Labute approximate surface area is 264 Å². The Morgan fingerprint density at radius 1 is 0.705 bits per heavy atom. The highest BCUT2D eigenvalue weighted by molar-refractivity contribution is 7.99. The summed E-state index contributed by atoms with van der Waals surface area (Å²) in [6.07, 6.45) is -0.981. The van der Waals surface area contributed by atoms with Gasteiger partial charge in [0.05, 0.1) is 0 Å². The van der Waals surface area contributed by atoms with Crippen molar-refractivity contribution in [2.45, 2.75) is 38.9 Å². The summed E-state index contributed by atoms with van der Waals surface area (Å²) < 4.78 is 5.22. The van der Waals surface area contributed by atoms with Crippen LogP contribution in [0.5, 0.6) is 0 Å². The molecular formula is C28H28N6O7S3. The predicted molar refractivity (Wildman–Crippen MR) is 165 cm³/mol. The first-order chi connectivity index (χ1) is 21.3. The van der Waals surface area contributed by atoms with Crippen LogP contribution in [0.3, 0.4) is 0 Å². The summed E-state index contributed by atoms with van der Waals surface area (Å²) in [7, 11) is 0. The molecular weight excluding hydrogens is 629 g/mol. The molecule has 0 saturated heterocycles. The van der Waals surface area contributed by atoms with E-state index in [0.717, 1.165) is 21.5 Å². The number of anilines is 2. The van der Waals surface area contributed by atoms with E-state index in [1.807, 2.05) is 0 Å². The van der Waals surface area contributed by atoms with Crippen molar-refractivity contribution in [1.29, 1.82) is 0 Å². The summed E-state index contributed by atoms with van der Waals surface area (Å²) in [5.74, 6) is -0.791. The molecule has 0 aliphatic rings. The van der Waals surface area contributed by atoms with Crippen LogP contribution >= 0.6 is 34.4 Å². The third-order valence-corrected chi connectivity index (χ3v) is 8.32. The summed E-state index contributed by atoms with van der Waals surface area (Å²) in [5, 5.41) is 23.8. The Balaban J connectivity index is 1.20. The van der Waals surface area contributed by atoms with E-state index in [9.17, 15) is 19.2 Å². The minimum absolute atomic E-state index is 0.300. The second kappa shape index (κ2) is 16.6. The van der Waals surface area contributed by atoms with Crippen LogP contribution in [0.25, 0.3) is 0 Å². The van der Waals surface area contributed by atoms with Crippen LogP contribution in [-0.2, 0) is 46.5 Å². The lowest BCUT2D eigenvalue weighted by Gasteiger charge is -2.15. The molecule has 13 nitrogen and oxygen atoms in total. The molecule has 0 saturated carbocycles. The van der Waals surface area contributed by atoms with Gasteiger partial charge in [0.1, 0.15) is 10.0 Å². The van der Waals surface area contributed by atoms with Gasteiger partial charge in [-0.1, -0.05) is 83.3 Å². The number of carbonyl (C=O) groups is 4. The van der Waals surface area contributed by atoms with Gasteiger partial charge in [-0.25, -0.2) is 4.79 Å². The van der Waals surface area contributed by atoms with Crippen LogP contribution in [0.15, 0.2) is 60.7 Å².